The van der Waals surface area contributed by atoms with Crippen molar-refractivity contribution in [3.05, 3.63) is 18.2 Å². The van der Waals surface area contributed by atoms with Crippen LogP contribution in [0.25, 0.3) is 0 Å². The second-order valence-corrected chi connectivity index (χ2v) is 3.54. The molecule has 0 aliphatic heterocycles. The van der Waals surface area contributed by atoms with Gasteiger partial charge in [-0.3, -0.25) is 4.79 Å². The Kier molecular flexibility index (Phi) is 4.32. The number of rotatable bonds is 6. The topological polar surface area (TPSA) is 121 Å². The number of carbonyl (C=O) groups is 2. The summed E-state index contributed by atoms with van der Waals surface area (Å²) < 4.78 is 25.8. The number of carboxylic acid groups (broad SMARTS) is 1. The molecule has 0 spiro atoms. The first-order valence-electron chi connectivity index (χ1n) is 4.96. The number of H-pyrrole nitrogens is 1. The molecule has 0 aromatic carbocycles. The Balaban J connectivity index is 2.70. The molecule has 1 atom stereocenters. The van der Waals surface area contributed by atoms with Crippen LogP contribution in [0, 0.1) is 0 Å². The van der Waals surface area contributed by atoms with E-state index in [-0.39, 0.29) is 6.42 Å². The van der Waals surface area contributed by atoms with Gasteiger partial charge in [-0.05, 0) is 0 Å². The van der Waals surface area contributed by atoms with E-state index < -0.39 is 30.4 Å². The highest BCUT2D eigenvalue weighted by Crippen LogP contribution is 2.11. The van der Waals surface area contributed by atoms with E-state index in [0.717, 1.165) is 0 Å². The summed E-state index contributed by atoms with van der Waals surface area (Å²) in [6, 6.07) is -1.49. The summed E-state index contributed by atoms with van der Waals surface area (Å²) in [6.45, 7) is -1.19. The van der Waals surface area contributed by atoms with Gasteiger partial charge >= 0.3 is 11.9 Å². The van der Waals surface area contributed by atoms with Crippen LogP contribution in [0.4, 0.5) is 8.78 Å². The number of aliphatic carboxylic acids is 1. The Labute approximate surface area is 100 Å². The van der Waals surface area contributed by atoms with Gasteiger partial charge in [0.1, 0.15) is 6.04 Å². The van der Waals surface area contributed by atoms with Crippen molar-refractivity contribution in [2.75, 3.05) is 6.54 Å². The van der Waals surface area contributed by atoms with Crippen LogP contribution in [0.1, 0.15) is 5.69 Å². The van der Waals surface area contributed by atoms with Crippen LogP contribution in [0.5, 0.6) is 0 Å². The predicted octanol–water partition coefficient (Wildman–Crippen LogP) is -0.884. The molecule has 1 aromatic heterocycles. The van der Waals surface area contributed by atoms with Crippen LogP contribution in [0.15, 0.2) is 12.5 Å². The summed E-state index contributed by atoms with van der Waals surface area (Å²) in [5, 5.41) is 10.6. The summed E-state index contributed by atoms with van der Waals surface area (Å²) >= 11 is 0. The number of alkyl halides is 2. The lowest BCUT2D eigenvalue weighted by Crippen LogP contribution is -2.52. The average Bonchev–Trinajstić information content (AvgIpc) is 2.80. The molecule has 7 nitrogen and oxygen atoms in total. The number of aromatic nitrogens is 2. The quantitative estimate of drug-likeness (QED) is 0.530. The van der Waals surface area contributed by atoms with Gasteiger partial charge < -0.3 is 21.1 Å². The van der Waals surface area contributed by atoms with Crippen molar-refractivity contribution in [2.24, 2.45) is 5.73 Å². The number of hydrogen-bond acceptors (Lipinski definition) is 4. The lowest BCUT2D eigenvalue weighted by molar-refractivity contribution is -0.150. The number of aromatic amines is 1. The van der Waals surface area contributed by atoms with Crippen molar-refractivity contribution in [3.63, 3.8) is 0 Å². The standard InChI is InChI=1S/C9H12F2N4O3/c10-9(11,3-12)8(18)15-6(7(16)17)1-5-2-13-4-14-5/h2,4,6H,1,3,12H2,(H,13,14)(H,15,18)(H,16,17). The van der Waals surface area contributed by atoms with Gasteiger partial charge in [0.05, 0.1) is 18.6 Å². The highest BCUT2D eigenvalue weighted by Gasteiger charge is 2.39. The molecule has 0 saturated heterocycles. The van der Waals surface area contributed by atoms with Gasteiger partial charge in [0.2, 0.25) is 0 Å². The molecule has 18 heavy (non-hydrogen) atoms. The molecule has 1 aromatic rings. The molecule has 1 unspecified atom stereocenters. The van der Waals surface area contributed by atoms with Crippen molar-refractivity contribution >= 4 is 11.9 Å². The summed E-state index contributed by atoms with van der Waals surface area (Å²) in [4.78, 5) is 28.3. The van der Waals surface area contributed by atoms with E-state index in [2.05, 4.69) is 9.97 Å². The zero-order valence-electron chi connectivity index (χ0n) is 9.19. The Hall–Kier alpha value is -2.03. The molecule has 0 fully saturated rings. The van der Waals surface area contributed by atoms with Gasteiger partial charge in [0.15, 0.2) is 0 Å². The molecular formula is C9H12F2N4O3. The summed E-state index contributed by atoms with van der Waals surface area (Å²) in [7, 11) is 0. The fourth-order valence-electron chi connectivity index (χ4n) is 1.17. The highest BCUT2D eigenvalue weighted by molar-refractivity contribution is 5.88. The van der Waals surface area contributed by atoms with Gasteiger partial charge in [-0.1, -0.05) is 0 Å². The molecule has 5 N–H and O–H groups in total. The third-order valence-electron chi connectivity index (χ3n) is 2.16. The minimum absolute atomic E-state index is 0.203. The summed E-state index contributed by atoms with van der Waals surface area (Å²) in [5.41, 5.74) is 5.05. The highest BCUT2D eigenvalue weighted by atomic mass is 19.3. The minimum atomic E-state index is -3.79. The maximum absolute atomic E-state index is 12.9. The lowest BCUT2D eigenvalue weighted by atomic mass is 10.1. The van der Waals surface area contributed by atoms with Crippen LogP contribution >= 0.6 is 0 Å². The van der Waals surface area contributed by atoms with E-state index in [1.807, 2.05) is 0 Å². The normalized spacial score (nSPS) is 13.1. The van der Waals surface area contributed by atoms with Crippen LogP contribution in [0.2, 0.25) is 0 Å². The molecule has 0 aliphatic carbocycles. The van der Waals surface area contributed by atoms with E-state index in [0.29, 0.717) is 5.69 Å². The minimum Gasteiger partial charge on any atom is -0.480 e. The van der Waals surface area contributed by atoms with Crippen molar-refractivity contribution in [1.29, 1.82) is 0 Å². The van der Waals surface area contributed by atoms with Crippen molar-refractivity contribution < 1.29 is 23.5 Å². The van der Waals surface area contributed by atoms with Gasteiger partial charge in [-0.15, -0.1) is 0 Å². The van der Waals surface area contributed by atoms with E-state index in [1.165, 1.54) is 12.5 Å². The smallest absolute Gasteiger partial charge is 0.336 e. The fourth-order valence-corrected chi connectivity index (χ4v) is 1.17. The second-order valence-electron chi connectivity index (χ2n) is 3.54. The molecule has 1 rings (SSSR count). The van der Waals surface area contributed by atoms with Crippen LogP contribution in [0.3, 0.4) is 0 Å². The molecule has 100 valence electrons. The lowest BCUT2D eigenvalue weighted by Gasteiger charge is -2.18. The number of nitrogens with two attached hydrogens (primary N) is 1. The fraction of sp³-hybridized carbons (Fsp3) is 0.444. The van der Waals surface area contributed by atoms with E-state index >= 15 is 0 Å². The number of nitrogens with zero attached hydrogens (tertiary/aromatic N) is 1. The number of nitrogens with one attached hydrogen (secondary N) is 2. The van der Waals surface area contributed by atoms with Gasteiger partial charge in [0.25, 0.3) is 5.91 Å². The Morgan fingerprint density at radius 1 is 1.61 bits per heavy atom. The predicted molar refractivity (Wildman–Crippen MR) is 55.9 cm³/mol. The number of carboxylic acids is 1. The third-order valence-corrected chi connectivity index (χ3v) is 2.16. The molecule has 0 bridgehead atoms. The van der Waals surface area contributed by atoms with E-state index in [1.54, 1.807) is 5.32 Å². The molecule has 1 amide bonds. The van der Waals surface area contributed by atoms with Crippen molar-refractivity contribution in [3.8, 4) is 0 Å². The zero-order valence-corrected chi connectivity index (χ0v) is 9.19. The molecule has 9 heteroatoms. The first kappa shape index (κ1) is 14.0. The van der Waals surface area contributed by atoms with Crippen molar-refractivity contribution in [2.45, 2.75) is 18.4 Å². The van der Waals surface area contributed by atoms with Gasteiger partial charge in [-0.25, -0.2) is 9.78 Å². The third kappa shape index (κ3) is 3.48. The number of hydrogen-bond donors (Lipinski definition) is 4. The maximum Gasteiger partial charge on any atom is 0.336 e. The van der Waals surface area contributed by atoms with Gasteiger partial charge in [-0.2, -0.15) is 8.78 Å². The second kappa shape index (κ2) is 5.54. The number of imidazole rings is 1. The zero-order chi connectivity index (χ0) is 13.8. The molecule has 0 radical (unpaired) electrons. The first-order chi connectivity index (χ1) is 8.36. The molecular weight excluding hydrogens is 250 g/mol. The SMILES string of the molecule is NCC(F)(F)C(=O)NC(Cc1c[nH]cn1)C(=O)O. The Bertz CT molecular complexity index is 421. The number of amides is 1. The Morgan fingerprint density at radius 3 is 2.72 bits per heavy atom. The largest absolute Gasteiger partial charge is 0.480 e. The molecule has 1 heterocycles. The maximum atomic E-state index is 12.9. The summed E-state index contributed by atoms with van der Waals surface area (Å²) in [5.74, 6) is -6.94. The average molecular weight is 262 g/mol. The van der Waals surface area contributed by atoms with Crippen LogP contribution in [-0.4, -0.2) is 45.5 Å². The van der Waals surface area contributed by atoms with Crippen molar-refractivity contribution in [1.82, 2.24) is 15.3 Å². The Morgan fingerprint density at radius 2 is 2.28 bits per heavy atom. The number of halogens is 2. The molecule has 0 saturated carbocycles. The number of carbonyl (C=O) groups excluding carboxylic acids is 1. The first-order valence-corrected chi connectivity index (χ1v) is 4.96. The summed E-state index contributed by atoms with van der Waals surface area (Å²) in [6.07, 6.45) is 2.51. The monoisotopic (exact) mass is 262 g/mol. The van der Waals surface area contributed by atoms with Gasteiger partial charge in [0, 0.05) is 12.6 Å². The molecule has 0 aliphatic rings. The van der Waals surface area contributed by atoms with Crippen LogP contribution < -0.4 is 11.1 Å². The van der Waals surface area contributed by atoms with Crippen LogP contribution in [-0.2, 0) is 16.0 Å². The van der Waals surface area contributed by atoms with E-state index in [9.17, 15) is 18.4 Å². The van der Waals surface area contributed by atoms with E-state index in [4.69, 9.17) is 10.8 Å².